The minimum atomic E-state index is -0.0758. The van der Waals surface area contributed by atoms with Crippen LogP contribution in [0.1, 0.15) is 5.69 Å². The van der Waals surface area contributed by atoms with Gasteiger partial charge in [0.1, 0.15) is 5.82 Å². The van der Waals surface area contributed by atoms with Crippen molar-refractivity contribution in [3.63, 3.8) is 0 Å². The molecule has 2 heterocycles. The molecule has 21 heavy (non-hydrogen) atoms. The van der Waals surface area contributed by atoms with Gasteiger partial charge >= 0.3 is 0 Å². The summed E-state index contributed by atoms with van der Waals surface area (Å²) in [6.07, 6.45) is 3.34. The monoisotopic (exact) mass is 304 g/mol. The second-order valence-electron chi connectivity index (χ2n) is 4.95. The van der Waals surface area contributed by atoms with Gasteiger partial charge in [0.2, 0.25) is 0 Å². The Morgan fingerprint density at radius 2 is 1.71 bits per heavy atom. The number of piperazine rings is 1. The molecule has 0 atom stereocenters. The summed E-state index contributed by atoms with van der Waals surface area (Å²) in [5.41, 5.74) is 1.67. The molecule has 1 N–H and O–H groups in total. The molecule has 0 amide bonds. The van der Waals surface area contributed by atoms with Crippen LogP contribution in [0.2, 0.25) is 5.02 Å². The minimum Gasteiger partial charge on any atom is -0.390 e. The second-order valence-corrected chi connectivity index (χ2v) is 5.36. The first kappa shape index (κ1) is 14.1. The Balaban J connectivity index is 1.66. The highest BCUT2D eigenvalue weighted by molar-refractivity contribution is 6.33. The van der Waals surface area contributed by atoms with Gasteiger partial charge in [-0.05, 0) is 12.1 Å². The van der Waals surface area contributed by atoms with E-state index in [1.165, 1.54) is 0 Å². The summed E-state index contributed by atoms with van der Waals surface area (Å²) in [7, 11) is 0. The van der Waals surface area contributed by atoms with Crippen molar-refractivity contribution in [2.75, 3.05) is 36.0 Å². The van der Waals surface area contributed by atoms with Crippen LogP contribution in [-0.2, 0) is 6.61 Å². The van der Waals surface area contributed by atoms with Crippen LogP contribution in [0, 0.1) is 0 Å². The molecule has 0 radical (unpaired) electrons. The van der Waals surface area contributed by atoms with Gasteiger partial charge in [0, 0.05) is 26.2 Å². The van der Waals surface area contributed by atoms with Crippen molar-refractivity contribution in [3.8, 4) is 0 Å². The van der Waals surface area contributed by atoms with Crippen LogP contribution in [-0.4, -0.2) is 41.3 Å². The van der Waals surface area contributed by atoms with Gasteiger partial charge in [-0.15, -0.1) is 0 Å². The topological polar surface area (TPSA) is 52.5 Å². The van der Waals surface area contributed by atoms with Gasteiger partial charge < -0.3 is 14.9 Å². The van der Waals surface area contributed by atoms with E-state index in [2.05, 4.69) is 19.8 Å². The SMILES string of the molecule is OCc1cnc(N2CCN(c3ccccc3Cl)CC2)cn1. The third-order valence-corrected chi connectivity index (χ3v) is 3.97. The fraction of sp³-hybridized carbons (Fsp3) is 0.333. The van der Waals surface area contributed by atoms with Crippen molar-refractivity contribution in [2.45, 2.75) is 6.61 Å². The summed E-state index contributed by atoms with van der Waals surface area (Å²) >= 11 is 6.24. The van der Waals surface area contributed by atoms with Crippen LogP contribution >= 0.6 is 11.6 Å². The molecule has 1 fully saturated rings. The summed E-state index contributed by atoms with van der Waals surface area (Å²) in [6, 6.07) is 7.92. The number of aliphatic hydroxyl groups is 1. The first-order valence-corrected chi connectivity index (χ1v) is 7.32. The molecule has 0 aliphatic carbocycles. The maximum absolute atomic E-state index is 8.99. The zero-order valence-corrected chi connectivity index (χ0v) is 12.4. The number of nitrogens with zero attached hydrogens (tertiary/aromatic N) is 4. The molecule has 110 valence electrons. The predicted octanol–water partition coefficient (Wildman–Crippen LogP) is 1.95. The summed E-state index contributed by atoms with van der Waals surface area (Å²) in [6.45, 7) is 3.46. The van der Waals surface area contributed by atoms with Crippen molar-refractivity contribution in [1.29, 1.82) is 0 Å². The molecule has 0 spiro atoms. The minimum absolute atomic E-state index is 0.0758. The van der Waals surface area contributed by atoms with Gasteiger partial charge in [-0.2, -0.15) is 0 Å². The lowest BCUT2D eigenvalue weighted by Gasteiger charge is -2.36. The molecular weight excluding hydrogens is 288 g/mol. The number of aliphatic hydroxyl groups excluding tert-OH is 1. The Kier molecular flexibility index (Phi) is 4.22. The van der Waals surface area contributed by atoms with E-state index in [9.17, 15) is 0 Å². The Morgan fingerprint density at radius 1 is 1.00 bits per heavy atom. The van der Waals surface area contributed by atoms with E-state index in [4.69, 9.17) is 16.7 Å². The number of aromatic nitrogens is 2. The first-order chi connectivity index (χ1) is 10.3. The molecule has 6 heteroatoms. The van der Waals surface area contributed by atoms with Gasteiger partial charge in [-0.1, -0.05) is 23.7 Å². The smallest absolute Gasteiger partial charge is 0.147 e. The number of rotatable bonds is 3. The maximum Gasteiger partial charge on any atom is 0.147 e. The molecule has 1 aromatic heterocycles. The molecule has 1 aliphatic heterocycles. The Labute approximate surface area is 128 Å². The van der Waals surface area contributed by atoms with Crippen LogP contribution in [0.25, 0.3) is 0 Å². The molecule has 3 rings (SSSR count). The van der Waals surface area contributed by atoms with Crippen molar-refractivity contribution < 1.29 is 5.11 Å². The average molecular weight is 305 g/mol. The zero-order chi connectivity index (χ0) is 14.7. The standard InChI is InChI=1S/C15H17ClN4O/c16-13-3-1-2-4-14(13)19-5-7-20(8-6-19)15-10-17-12(11-21)9-18-15/h1-4,9-10,21H,5-8,11H2. The highest BCUT2D eigenvalue weighted by Crippen LogP contribution is 2.26. The normalized spacial score (nSPS) is 15.3. The van der Waals surface area contributed by atoms with E-state index in [1.54, 1.807) is 12.4 Å². The number of halogens is 1. The molecule has 0 bridgehead atoms. The number of benzene rings is 1. The summed E-state index contributed by atoms with van der Waals surface area (Å²) in [4.78, 5) is 13.0. The first-order valence-electron chi connectivity index (χ1n) is 6.94. The largest absolute Gasteiger partial charge is 0.390 e. The lowest BCUT2D eigenvalue weighted by atomic mass is 10.2. The number of para-hydroxylation sites is 1. The van der Waals surface area contributed by atoms with Gasteiger partial charge in [0.25, 0.3) is 0 Å². The molecule has 0 saturated carbocycles. The summed E-state index contributed by atoms with van der Waals surface area (Å²) < 4.78 is 0. The van der Waals surface area contributed by atoms with E-state index in [-0.39, 0.29) is 6.61 Å². The predicted molar refractivity (Wildman–Crippen MR) is 83.8 cm³/mol. The Morgan fingerprint density at radius 3 is 2.33 bits per heavy atom. The van der Waals surface area contributed by atoms with Crippen molar-refractivity contribution in [3.05, 3.63) is 47.4 Å². The molecule has 0 unspecified atom stereocenters. The second kappa shape index (κ2) is 6.28. The molecule has 1 saturated heterocycles. The van der Waals surface area contributed by atoms with E-state index >= 15 is 0 Å². The van der Waals surface area contributed by atoms with E-state index in [0.29, 0.717) is 5.69 Å². The zero-order valence-electron chi connectivity index (χ0n) is 11.6. The summed E-state index contributed by atoms with van der Waals surface area (Å²) in [5.74, 6) is 0.853. The fourth-order valence-corrected chi connectivity index (χ4v) is 2.73. The van der Waals surface area contributed by atoms with Crippen molar-refractivity contribution in [1.82, 2.24) is 9.97 Å². The van der Waals surface area contributed by atoms with E-state index in [1.807, 2.05) is 24.3 Å². The number of hydrogen-bond donors (Lipinski definition) is 1. The van der Waals surface area contributed by atoms with Gasteiger partial charge in [0.15, 0.2) is 0 Å². The number of hydrogen-bond acceptors (Lipinski definition) is 5. The van der Waals surface area contributed by atoms with Gasteiger partial charge in [0.05, 0.1) is 35.4 Å². The van der Waals surface area contributed by atoms with Crippen molar-refractivity contribution >= 4 is 23.1 Å². The van der Waals surface area contributed by atoms with Gasteiger partial charge in [-0.25, -0.2) is 4.98 Å². The highest BCUT2D eigenvalue weighted by Gasteiger charge is 2.19. The lowest BCUT2D eigenvalue weighted by Crippen LogP contribution is -2.47. The third-order valence-electron chi connectivity index (χ3n) is 3.65. The highest BCUT2D eigenvalue weighted by atomic mass is 35.5. The number of anilines is 2. The fourth-order valence-electron chi connectivity index (χ4n) is 2.48. The Bertz CT molecular complexity index is 597. The van der Waals surface area contributed by atoms with E-state index in [0.717, 1.165) is 42.7 Å². The van der Waals surface area contributed by atoms with E-state index < -0.39 is 0 Å². The van der Waals surface area contributed by atoms with Crippen LogP contribution in [0.15, 0.2) is 36.7 Å². The van der Waals surface area contributed by atoms with Crippen LogP contribution < -0.4 is 9.80 Å². The van der Waals surface area contributed by atoms with Crippen LogP contribution in [0.3, 0.4) is 0 Å². The molecule has 2 aromatic rings. The molecule has 5 nitrogen and oxygen atoms in total. The van der Waals surface area contributed by atoms with Crippen LogP contribution in [0.4, 0.5) is 11.5 Å². The molecular formula is C15H17ClN4O. The lowest BCUT2D eigenvalue weighted by molar-refractivity contribution is 0.276. The Hall–Kier alpha value is -1.85. The average Bonchev–Trinajstić information content (AvgIpc) is 2.56. The van der Waals surface area contributed by atoms with Crippen LogP contribution in [0.5, 0.6) is 0 Å². The molecule has 1 aliphatic rings. The third kappa shape index (κ3) is 3.09. The summed E-state index contributed by atoms with van der Waals surface area (Å²) in [5, 5.41) is 9.78. The van der Waals surface area contributed by atoms with Crippen molar-refractivity contribution in [2.24, 2.45) is 0 Å². The quantitative estimate of drug-likeness (QED) is 0.939. The molecule has 1 aromatic carbocycles. The maximum atomic E-state index is 8.99. The van der Waals surface area contributed by atoms with Gasteiger partial charge in [-0.3, -0.25) is 4.98 Å².